The quantitative estimate of drug-likeness (QED) is 0.658. The Morgan fingerprint density at radius 1 is 1.14 bits per heavy atom. The molecule has 1 saturated heterocycles. The zero-order valence-electron chi connectivity index (χ0n) is 16.6. The van der Waals surface area contributed by atoms with Gasteiger partial charge in [-0.1, -0.05) is 31.4 Å². The fraction of sp³-hybridized carbons (Fsp3) is 0.526. The SMILES string of the molecule is CN(C)S(=O)(=O)c1ccc(CNC(=O)CN2C(=O)NC3(CCCCC3)C2=O)cc1. The van der Waals surface area contributed by atoms with Crippen LogP contribution in [-0.2, 0) is 26.2 Å². The van der Waals surface area contributed by atoms with E-state index in [0.29, 0.717) is 18.4 Å². The van der Waals surface area contributed by atoms with Crippen LogP contribution in [0.2, 0.25) is 0 Å². The highest BCUT2D eigenvalue weighted by molar-refractivity contribution is 7.89. The van der Waals surface area contributed by atoms with Crippen molar-refractivity contribution in [3.63, 3.8) is 0 Å². The van der Waals surface area contributed by atoms with Crippen LogP contribution in [0.5, 0.6) is 0 Å². The van der Waals surface area contributed by atoms with E-state index in [-0.39, 0.29) is 23.9 Å². The second-order valence-electron chi connectivity index (χ2n) is 7.67. The highest BCUT2D eigenvalue weighted by atomic mass is 32.2. The number of hydrogen-bond donors (Lipinski definition) is 2. The molecule has 1 aromatic rings. The number of imide groups is 1. The summed E-state index contributed by atoms with van der Waals surface area (Å²) in [5.41, 5.74) is -0.138. The van der Waals surface area contributed by atoms with Crippen molar-refractivity contribution >= 4 is 27.9 Å². The number of sulfonamides is 1. The van der Waals surface area contributed by atoms with Gasteiger partial charge in [0.25, 0.3) is 5.91 Å². The van der Waals surface area contributed by atoms with Gasteiger partial charge in [-0.3, -0.25) is 14.5 Å². The minimum Gasteiger partial charge on any atom is -0.350 e. The molecule has 0 aromatic heterocycles. The van der Waals surface area contributed by atoms with E-state index in [4.69, 9.17) is 0 Å². The van der Waals surface area contributed by atoms with Crippen molar-refractivity contribution in [3.05, 3.63) is 29.8 Å². The minimum atomic E-state index is -3.51. The van der Waals surface area contributed by atoms with E-state index < -0.39 is 27.5 Å². The average molecular weight is 423 g/mol. The van der Waals surface area contributed by atoms with Crippen LogP contribution in [0.3, 0.4) is 0 Å². The number of nitrogens with zero attached hydrogens (tertiary/aromatic N) is 2. The third-order valence-electron chi connectivity index (χ3n) is 5.45. The molecule has 0 atom stereocenters. The lowest BCUT2D eigenvalue weighted by Crippen LogP contribution is -2.49. The predicted molar refractivity (Wildman–Crippen MR) is 105 cm³/mol. The number of carbonyl (C=O) groups excluding carboxylic acids is 3. The summed E-state index contributed by atoms with van der Waals surface area (Å²) in [6.07, 6.45) is 4.02. The van der Waals surface area contributed by atoms with Crippen LogP contribution in [0, 0.1) is 0 Å². The van der Waals surface area contributed by atoms with Crippen molar-refractivity contribution in [2.24, 2.45) is 0 Å². The molecule has 1 aliphatic carbocycles. The van der Waals surface area contributed by atoms with E-state index in [1.165, 1.54) is 26.2 Å². The number of urea groups is 1. The van der Waals surface area contributed by atoms with Crippen molar-refractivity contribution in [2.45, 2.75) is 49.1 Å². The molecule has 1 heterocycles. The summed E-state index contributed by atoms with van der Waals surface area (Å²) in [4.78, 5) is 38.3. The molecule has 2 aliphatic rings. The summed E-state index contributed by atoms with van der Waals surface area (Å²) in [5, 5.41) is 5.44. The second kappa shape index (κ2) is 8.11. The molecule has 4 amide bonds. The summed E-state index contributed by atoms with van der Waals surface area (Å²) >= 11 is 0. The zero-order chi connectivity index (χ0) is 21.2. The van der Waals surface area contributed by atoms with E-state index in [0.717, 1.165) is 28.5 Å². The van der Waals surface area contributed by atoms with Crippen LogP contribution >= 0.6 is 0 Å². The Labute approximate surface area is 170 Å². The van der Waals surface area contributed by atoms with Crippen molar-refractivity contribution in [2.75, 3.05) is 20.6 Å². The normalized spacial score (nSPS) is 18.9. The molecule has 29 heavy (non-hydrogen) atoms. The molecule has 10 heteroatoms. The van der Waals surface area contributed by atoms with Crippen molar-refractivity contribution < 1.29 is 22.8 Å². The van der Waals surface area contributed by atoms with Crippen LogP contribution in [0.4, 0.5) is 4.79 Å². The van der Waals surface area contributed by atoms with Crippen LogP contribution in [0.25, 0.3) is 0 Å². The fourth-order valence-corrected chi connectivity index (χ4v) is 4.61. The number of nitrogens with one attached hydrogen (secondary N) is 2. The van der Waals surface area contributed by atoms with Gasteiger partial charge in [0.1, 0.15) is 12.1 Å². The Morgan fingerprint density at radius 3 is 2.34 bits per heavy atom. The zero-order valence-corrected chi connectivity index (χ0v) is 17.4. The molecule has 1 aromatic carbocycles. The maximum Gasteiger partial charge on any atom is 0.325 e. The Kier molecular flexibility index (Phi) is 5.95. The molecule has 1 spiro atoms. The van der Waals surface area contributed by atoms with Crippen molar-refractivity contribution in [1.29, 1.82) is 0 Å². The van der Waals surface area contributed by atoms with Gasteiger partial charge >= 0.3 is 6.03 Å². The fourth-order valence-electron chi connectivity index (χ4n) is 3.70. The number of hydrogen-bond acceptors (Lipinski definition) is 5. The predicted octanol–water partition coefficient (Wildman–Crippen LogP) is 0.808. The molecule has 2 fully saturated rings. The van der Waals surface area contributed by atoms with Gasteiger partial charge in [0.05, 0.1) is 4.90 Å². The molecule has 0 unspecified atom stereocenters. The second-order valence-corrected chi connectivity index (χ2v) is 9.82. The maximum absolute atomic E-state index is 12.7. The Bertz CT molecular complexity index is 905. The van der Waals surface area contributed by atoms with Gasteiger partial charge in [-0.25, -0.2) is 17.5 Å². The number of amides is 4. The van der Waals surface area contributed by atoms with Crippen LogP contribution < -0.4 is 10.6 Å². The monoisotopic (exact) mass is 422 g/mol. The minimum absolute atomic E-state index is 0.162. The summed E-state index contributed by atoms with van der Waals surface area (Å²) in [6.45, 7) is -0.171. The first-order valence-electron chi connectivity index (χ1n) is 9.58. The van der Waals surface area contributed by atoms with Gasteiger partial charge in [0.2, 0.25) is 15.9 Å². The standard InChI is InChI=1S/C19H26N4O5S/c1-22(2)29(27,28)15-8-6-14(7-9-15)12-20-16(24)13-23-17(25)19(21-18(23)26)10-4-3-5-11-19/h6-9H,3-5,10-13H2,1-2H3,(H,20,24)(H,21,26). The Morgan fingerprint density at radius 2 is 1.76 bits per heavy atom. The summed E-state index contributed by atoms with van der Waals surface area (Å²) < 4.78 is 25.3. The van der Waals surface area contributed by atoms with E-state index in [1.54, 1.807) is 12.1 Å². The summed E-state index contributed by atoms with van der Waals surface area (Å²) in [7, 11) is -0.599. The van der Waals surface area contributed by atoms with Gasteiger partial charge in [-0.15, -0.1) is 0 Å². The van der Waals surface area contributed by atoms with E-state index in [2.05, 4.69) is 10.6 Å². The van der Waals surface area contributed by atoms with Crippen LogP contribution in [-0.4, -0.2) is 61.6 Å². The Hall–Kier alpha value is -2.46. The molecule has 0 radical (unpaired) electrons. The third-order valence-corrected chi connectivity index (χ3v) is 7.28. The number of benzene rings is 1. The molecule has 3 rings (SSSR count). The highest BCUT2D eigenvalue weighted by Gasteiger charge is 2.51. The molecular formula is C19H26N4O5S. The van der Waals surface area contributed by atoms with Gasteiger partial charge in [-0.2, -0.15) is 0 Å². The molecule has 158 valence electrons. The highest BCUT2D eigenvalue weighted by Crippen LogP contribution is 2.33. The molecule has 1 aliphatic heterocycles. The summed E-state index contributed by atoms with van der Waals surface area (Å²) in [6, 6.07) is 5.65. The molecule has 2 N–H and O–H groups in total. The van der Waals surface area contributed by atoms with Gasteiger partial charge in [-0.05, 0) is 30.5 Å². The molecule has 1 saturated carbocycles. The lowest BCUT2D eigenvalue weighted by Gasteiger charge is -2.30. The molecular weight excluding hydrogens is 396 g/mol. The van der Waals surface area contributed by atoms with Crippen LogP contribution in [0.15, 0.2) is 29.2 Å². The third kappa shape index (κ3) is 4.27. The van der Waals surface area contributed by atoms with Crippen LogP contribution in [0.1, 0.15) is 37.7 Å². The first-order chi connectivity index (χ1) is 13.7. The first kappa shape index (κ1) is 21.3. The number of carbonyl (C=O) groups is 3. The van der Waals surface area contributed by atoms with Gasteiger partial charge in [0.15, 0.2) is 0 Å². The van der Waals surface area contributed by atoms with Crippen molar-refractivity contribution in [1.82, 2.24) is 19.8 Å². The average Bonchev–Trinajstić information content (AvgIpc) is 2.91. The first-order valence-corrected chi connectivity index (χ1v) is 11.0. The van der Waals surface area contributed by atoms with E-state index in [9.17, 15) is 22.8 Å². The largest absolute Gasteiger partial charge is 0.350 e. The summed E-state index contributed by atoms with van der Waals surface area (Å²) in [5.74, 6) is -0.776. The van der Waals surface area contributed by atoms with E-state index in [1.807, 2.05) is 0 Å². The lowest BCUT2D eigenvalue weighted by molar-refractivity contribution is -0.135. The topological polar surface area (TPSA) is 116 Å². The molecule has 9 nitrogen and oxygen atoms in total. The van der Waals surface area contributed by atoms with Crippen molar-refractivity contribution in [3.8, 4) is 0 Å². The van der Waals surface area contributed by atoms with Gasteiger partial charge < -0.3 is 10.6 Å². The molecule has 0 bridgehead atoms. The maximum atomic E-state index is 12.7. The smallest absolute Gasteiger partial charge is 0.325 e. The van der Waals surface area contributed by atoms with Gasteiger partial charge in [0, 0.05) is 20.6 Å². The van der Waals surface area contributed by atoms with E-state index >= 15 is 0 Å². The number of rotatable bonds is 6. The Balaban J connectivity index is 1.56. The lowest BCUT2D eigenvalue weighted by atomic mass is 9.82.